The van der Waals surface area contributed by atoms with Gasteiger partial charge in [0.2, 0.25) is 0 Å². The fraction of sp³-hybridized carbons (Fsp3) is 0.780. The van der Waals surface area contributed by atoms with Crippen molar-refractivity contribution in [1.82, 2.24) is 0 Å². The maximum Gasteiger partial charge on any atom is 0.441 e. The number of esters is 1. The zero-order valence-corrected chi connectivity index (χ0v) is 81.6. The summed E-state index contributed by atoms with van der Waals surface area (Å²) in [6.45, 7) is 0.603. The lowest BCUT2D eigenvalue weighted by molar-refractivity contribution is -0.375. The second kappa shape index (κ2) is 49.7. The van der Waals surface area contributed by atoms with E-state index in [1.54, 1.807) is 7.11 Å². The number of aromatic hydroxyl groups is 1. The molecule has 1 N–H and O–H groups in total. The van der Waals surface area contributed by atoms with Gasteiger partial charge < -0.3 is 97.2 Å². The van der Waals surface area contributed by atoms with Gasteiger partial charge in [0.15, 0.2) is 24.2 Å². The number of hydrogen-bond donors (Lipinski definition) is 1. The molecule has 1 aliphatic heterocycles. The molecular formula is C109H147F10O21-5. The third-order valence-corrected chi connectivity index (χ3v) is 34.0. The smallest absolute Gasteiger partial charge is 0.441 e. The number of ether oxygens (including phenoxy) is 9. The minimum absolute atomic E-state index is 0.0184. The van der Waals surface area contributed by atoms with Gasteiger partial charge in [-0.05, 0) is 314 Å². The molecule has 4 bridgehead atoms. The van der Waals surface area contributed by atoms with E-state index in [0.29, 0.717) is 53.7 Å². The van der Waals surface area contributed by atoms with Crippen molar-refractivity contribution in [3.8, 4) is 28.7 Å². The Balaban J connectivity index is 0.000000141. The first-order valence-corrected chi connectivity index (χ1v) is 53.8. The van der Waals surface area contributed by atoms with E-state index in [-0.39, 0.29) is 100.0 Å². The normalized spacial score (nSPS) is 26.7. The number of alkyl halides is 10. The topological polar surface area (TPSA) is 321 Å². The number of carbonyl (C=O) groups excluding carboxylic acids is 6. The first-order chi connectivity index (χ1) is 67.1. The van der Waals surface area contributed by atoms with Crippen molar-refractivity contribution >= 4 is 35.8 Å². The summed E-state index contributed by atoms with van der Waals surface area (Å²) in [5.74, 6) is -11.0. The van der Waals surface area contributed by atoms with Crippen molar-refractivity contribution in [3.05, 3.63) is 74.3 Å². The van der Waals surface area contributed by atoms with E-state index in [9.17, 15) is 103 Å². The summed E-state index contributed by atoms with van der Waals surface area (Å²) in [6, 6.07) is 8.12. The standard InChI is InChI=1S/C27H38F2O4.C26H36F2O4.C26H36F2O3.C16H22F2O5.C14H20F2O5/c1-32-24-21(18-11-5-2-6-12-18)17-22(19-13-7-3-8-14-19)25(33-27(28,29)26(30)31)23(24)20-15-9-4-10-16-20;27-26(28,25(30)31)32-24-21(18-12-6-2-7-13-18)16-20(17-10-4-1-5-11-17)23(29)22(24)19-14-8-3-9-15-19;27-26(28,25(29)30)31-24-22(19-12-6-2-7-13-19)16-21(18-10-4-1-5-11-18)17-23(24)20-14-8-3-9-15-20;17-16(18,15(20)21)23-13-11-7-6-10(8-11)12(13)22-14(19)9-4-2-1-3-5-9;15-14(16,13(17)18)21-12-9-5-4-8(7-9)11(12)20-10-3-1-2-6-19-10/h17-20H,2-16H2,1H3,(H,30,31);16-19,29H,1-15H2,(H,30,31);16-20H,1-15H2,(H,29,30);9-13H,1-8H2,(H,20,21);8-12H,1-7H2,(H,17,18)/p-5. The highest BCUT2D eigenvalue weighted by atomic mass is 19.3. The molecule has 0 amide bonds. The van der Waals surface area contributed by atoms with E-state index < -0.39 is 91.1 Å². The van der Waals surface area contributed by atoms with Crippen LogP contribution in [0.4, 0.5) is 43.9 Å². The van der Waals surface area contributed by atoms with Gasteiger partial charge >= 0.3 is 36.5 Å². The molecule has 0 aromatic heterocycles. The van der Waals surface area contributed by atoms with Crippen LogP contribution in [-0.2, 0) is 52.5 Å². The van der Waals surface area contributed by atoms with Crippen LogP contribution in [0.2, 0.25) is 0 Å². The first-order valence-electron chi connectivity index (χ1n) is 53.8. The van der Waals surface area contributed by atoms with E-state index in [1.807, 2.05) is 12.1 Å². The molecule has 3 aromatic rings. The molecule has 18 rings (SSSR count). The fourth-order valence-corrected chi connectivity index (χ4v) is 26.8. The van der Waals surface area contributed by atoms with Crippen molar-refractivity contribution in [2.45, 2.75) is 493 Å². The molecule has 9 unspecified atom stereocenters. The van der Waals surface area contributed by atoms with Crippen molar-refractivity contribution < 1.29 is 146 Å². The van der Waals surface area contributed by atoms with E-state index >= 15 is 0 Å². The highest BCUT2D eigenvalue weighted by molar-refractivity contribution is 5.75. The van der Waals surface area contributed by atoms with Gasteiger partial charge in [0.1, 0.15) is 52.9 Å². The summed E-state index contributed by atoms with van der Waals surface area (Å²) < 4.78 is 187. The summed E-state index contributed by atoms with van der Waals surface area (Å²) in [5, 5.41) is 65.9. The lowest BCUT2D eigenvalue weighted by Crippen LogP contribution is -2.50. The van der Waals surface area contributed by atoms with Crippen molar-refractivity contribution in [2.75, 3.05) is 13.7 Å². The number of rotatable bonds is 29. The Hall–Kier alpha value is -7.38. The fourth-order valence-electron chi connectivity index (χ4n) is 26.8. The Bertz CT molecular complexity index is 4500. The zero-order chi connectivity index (χ0) is 99.6. The van der Waals surface area contributed by atoms with Crippen molar-refractivity contribution in [2.24, 2.45) is 29.6 Å². The number of carboxylic acids is 5. The minimum atomic E-state index is -4.44. The van der Waals surface area contributed by atoms with E-state index in [4.69, 9.17) is 33.2 Å². The molecule has 14 aliphatic carbocycles. The highest BCUT2D eigenvalue weighted by Crippen LogP contribution is 2.59. The Labute approximate surface area is 817 Å². The third kappa shape index (κ3) is 27.3. The van der Waals surface area contributed by atoms with Crippen LogP contribution in [0, 0.1) is 29.6 Å². The van der Waals surface area contributed by atoms with Gasteiger partial charge in [0.25, 0.3) is 0 Å². The molecule has 0 spiro atoms. The molecule has 15 fully saturated rings. The van der Waals surface area contributed by atoms with E-state index in [1.165, 1.54) is 50.5 Å². The van der Waals surface area contributed by atoms with Crippen LogP contribution in [0.3, 0.4) is 0 Å². The Morgan fingerprint density at radius 2 is 0.579 bits per heavy atom. The summed E-state index contributed by atoms with van der Waals surface area (Å²) in [6.07, 6.45) is 33.3. The van der Waals surface area contributed by atoms with Crippen LogP contribution < -0.4 is 44.5 Å². The third-order valence-electron chi connectivity index (χ3n) is 34.0. The minimum Gasteiger partial charge on any atom is -0.542 e. The molecule has 1 saturated heterocycles. The van der Waals surface area contributed by atoms with Gasteiger partial charge in [-0.1, -0.05) is 205 Å². The number of methoxy groups -OCH3 is 1. The lowest BCUT2D eigenvalue weighted by atomic mass is 9.74. The highest BCUT2D eigenvalue weighted by Gasteiger charge is 2.57. The average Bonchev–Trinajstić information content (AvgIpc) is 1.82. The molecule has 3 aromatic carbocycles. The zero-order valence-electron chi connectivity index (χ0n) is 81.6. The van der Waals surface area contributed by atoms with Crippen molar-refractivity contribution in [1.29, 1.82) is 0 Å². The van der Waals surface area contributed by atoms with Crippen LogP contribution >= 0.6 is 0 Å². The first kappa shape index (κ1) is 108. The maximum absolute atomic E-state index is 14.5. The molecular weight excluding hydrogens is 1840 g/mol. The van der Waals surface area contributed by atoms with Crippen LogP contribution in [0.5, 0.6) is 28.7 Å². The predicted octanol–water partition coefficient (Wildman–Crippen LogP) is 22.1. The number of carbonyl (C=O) groups is 6. The van der Waals surface area contributed by atoms with Crippen LogP contribution in [0.15, 0.2) is 24.3 Å². The number of halogens is 10. The molecule has 140 heavy (non-hydrogen) atoms. The van der Waals surface area contributed by atoms with E-state index in [2.05, 4.69) is 21.6 Å². The van der Waals surface area contributed by atoms with Gasteiger partial charge in [-0.25, -0.2) is 0 Å². The Morgan fingerprint density at radius 1 is 0.300 bits per heavy atom. The molecule has 1 heterocycles. The average molecular weight is 1980 g/mol. The number of aliphatic carboxylic acids is 5. The maximum atomic E-state index is 14.5. The van der Waals surface area contributed by atoms with Gasteiger partial charge in [0.05, 0.1) is 25.2 Å². The summed E-state index contributed by atoms with van der Waals surface area (Å²) in [4.78, 5) is 66.8. The van der Waals surface area contributed by atoms with Crippen LogP contribution in [0.1, 0.15) is 482 Å². The van der Waals surface area contributed by atoms with Gasteiger partial charge in [-0.2, -0.15) is 43.9 Å². The Morgan fingerprint density at radius 3 is 0.929 bits per heavy atom. The summed E-state index contributed by atoms with van der Waals surface area (Å²) >= 11 is 0. The quantitative estimate of drug-likeness (QED) is 0.0498. The molecule has 784 valence electrons. The number of phenols is 1. The SMILES string of the molecule is COc1c(C2CCCCC2)cc(C2CCCCC2)c(OC(F)(F)C(=O)[O-])c1C1CCCCC1.O=C(OC1C2CCC(C2)C1OC(F)(F)C(=O)[O-])C1CCCCC1.O=C([O-])C(F)(F)OC1C2CCC(C2)C1OC1CCCCO1.O=C([O-])C(F)(F)Oc1c(C2CCCCC2)cc(C2CCCCC2)c(O)c1C1CCCCC1.O=C([O-])C(F)(F)Oc1c(C2CCCCC2)cc(C2CCCCC2)cc1C1CCCCC1. The second-order valence-corrected chi connectivity index (χ2v) is 43.3. The molecule has 21 nitrogen and oxygen atoms in total. The number of fused-ring (bicyclic) bond motifs is 4. The molecule has 31 heteroatoms. The van der Waals surface area contributed by atoms with Gasteiger partial charge in [-0.3, -0.25) is 4.79 Å². The Kier molecular flexibility index (Phi) is 38.4. The predicted molar refractivity (Wildman–Crippen MR) is 488 cm³/mol. The van der Waals surface area contributed by atoms with Gasteiger partial charge in [0, 0.05) is 17.7 Å². The monoisotopic (exact) mass is 1980 g/mol. The van der Waals surface area contributed by atoms with Gasteiger partial charge in [-0.15, -0.1) is 0 Å². The number of hydrogen-bond acceptors (Lipinski definition) is 21. The van der Waals surface area contributed by atoms with Crippen LogP contribution in [0.25, 0.3) is 0 Å². The molecule has 0 radical (unpaired) electrons. The largest absolute Gasteiger partial charge is 0.542 e. The molecule has 14 saturated carbocycles. The number of benzene rings is 3. The van der Waals surface area contributed by atoms with Crippen molar-refractivity contribution in [3.63, 3.8) is 0 Å². The van der Waals surface area contributed by atoms with Crippen LogP contribution in [-0.4, -0.2) is 116 Å². The number of phenolic OH excluding ortho intramolecular Hbond substituents is 1. The lowest BCUT2D eigenvalue weighted by Gasteiger charge is -2.36. The molecule has 15 aliphatic rings. The van der Waals surface area contributed by atoms with E-state index in [0.717, 1.165) is 349 Å². The second-order valence-electron chi connectivity index (χ2n) is 43.3. The summed E-state index contributed by atoms with van der Waals surface area (Å²) in [7, 11) is 1.61. The number of carboxylic acid groups (broad SMARTS) is 5. The molecule has 9 atom stereocenters. The summed E-state index contributed by atoms with van der Waals surface area (Å²) in [5.41, 5.74) is 7.41.